The van der Waals surface area contributed by atoms with Crippen molar-refractivity contribution in [3.05, 3.63) is 118 Å². The van der Waals surface area contributed by atoms with Crippen LogP contribution < -0.4 is 5.73 Å². The molecule has 53 heavy (non-hydrogen) atoms. The Balaban J connectivity index is 0.000000211. The van der Waals surface area contributed by atoms with Gasteiger partial charge in [-0.2, -0.15) is 0 Å². The molecular weight excluding hydrogens is 659 g/mol. The summed E-state index contributed by atoms with van der Waals surface area (Å²) in [6.45, 7) is 16.8. The molecule has 2 saturated heterocycles. The van der Waals surface area contributed by atoms with Gasteiger partial charge in [-0.25, -0.2) is 0 Å². The van der Waals surface area contributed by atoms with Crippen LogP contribution in [0.5, 0.6) is 0 Å². The van der Waals surface area contributed by atoms with E-state index in [0.29, 0.717) is 19.5 Å². The van der Waals surface area contributed by atoms with Crippen molar-refractivity contribution in [3.8, 4) is 22.3 Å². The summed E-state index contributed by atoms with van der Waals surface area (Å²) in [7, 11) is 0. The van der Waals surface area contributed by atoms with E-state index < -0.39 is 5.60 Å². The fraction of sp³-hybridized carbons (Fsp3) is 0.413. The van der Waals surface area contributed by atoms with Crippen molar-refractivity contribution in [2.75, 3.05) is 26.2 Å². The van der Waals surface area contributed by atoms with Crippen molar-refractivity contribution < 1.29 is 19.1 Å². The Kier molecular flexibility index (Phi) is 12.9. The first-order valence-electron chi connectivity index (χ1n) is 19.1. The minimum absolute atomic E-state index is 0.0396. The molecule has 2 amide bonds. The summed E-state index contributed by atoms with van der Waals surface area (Å²) in [6, 6.07) is 28.5. The first kappa shape index (κ1) is 39.5. The molecule has 4 aromatic rings. The van der Waals surface area contributed by atoms with Crippen LogP contribution >= 0.6 is 0 Å². The minimum atomic E-state index is -0.480. The third-order valence-electron chi connectivity index (χ3n) is 10.4. The van der Waals surface area contributed by atoms with E-state index in [1.165, 1.54) is 22.3 Å². The lowest BCUT2D eigenvalue weighted by Crippen LogP contribution is -2.45. The fourth-order valence-electron chi connectivity index (χ4n) is 7.23. The predicted molar refractivity (Wildman–Crippen MR) is 215 cm³/mol. The summed E-state index contributed by atoms with van der Waals surface area (Å²) >= 11 is 0. The van der Waals surface area contributed by atoms with Crippen LogP contribution in [0.25, 0.3) is 22.3 Å². The second-order valence-corrected chi connectivity index (χ2v) is 15.9. The van der Waals surface area contributed by atoms with Gasteiger partial charge in [0.05, 0.1) is 6.42 Å². The second-order valence-electron chi connectivity index (χ2n) is 15.9. The summed E-state index contributed by atoms with van der Waals surface area (Å²) in [6.07, 6.45) is 4.20. The lowest BCUT2D eigenvalue weighted by molar-refractivity contribution is -0.156. The van der Waals surface area contributed by atoms with Gasteiger partial charge in [-0.05, 0) is 137 Å². The number of nitrogens with two attached hydrogens (primary N) is 1. The third kappa shape index (κ3) is 10.4. The van der Waals surface area contributed by atoms with Gasteiger partial charge < -0.3 is 20.3 Å². The van der Waals surface area contributed by atoms with E-state index in [-0.39, 0.29) is 29.7 Å². The molecule has 0 unspecified atom stereocenters. The zero-order chi connectivity index (χ0) is 38.3. The van der Waals surface area contributed by atoms with Crippen molar-refractivity contribution in [1.82, 2.24) is 9.80 Å². The van der Waals surface area contributed by atoms with Crippen LogP contribution in [0.4, 0.5) is 0 Å². The molecule has 0 radical (unpaired) electrons. The van der Waals surface area contributed by atoms with E-state index in [0.717, 1.165) is 72.2 Å². The maximum Gasteiger partial charge on any atom is 0.306 e. The second kappa shape index (κ2) is 17.4. The molecule has 2 aliphatic rings. The molecule has 2 atom stereocenters. The first-order valence-corrected chi connectivity index (χ1v) is 19.1. The highest BCUT2D eigenvalue weighted by molar-refractivity contribution is 6.02. The quantitative estimate of drug-likeness (QED) is 0.201. The molecule has 0 aliphatic carbocycles. The lowest BCUT2D eigenvalue weighted by atomic mass is 9.92. The van der Waals surface area contributed by atoms with Gasteiger partial charge in [0.2, 0.25) is 0 Å². The number of rotatable bonds is 6. The smallest absolute Gasteiger partial charge is 0.306 e. The fourth-order valence-corrected chi connectivity index (χ4v) is 7.23. The molecule has 4 aromatic carbocycles. The van der Waals surface area contributed by atoms with Crippen molar-refractivity contribution in [2.24, 2.45) is 11.7 Å². The molecule has 280 valence electrons. The Labute approximate surface area is 316 Å². The highest BCUT2D eigenvalue weighted by Gasteiger charge is 2.29. The Hall–Kier alpha value is -4.75. The lowest BCUT2D eigenvalue weighted by Gasteiger charge is -2.33. The number of hydrogen-bond acceptors (Lipinski definition) is 5. The van der Waals surface area contributed by atoms with Gasteiger partial charge in [0, 0.05) is 43.3 Å². The summed E-state index contributed by atoms with van der Waals surface area (Å²) in [5.74, 6) is 0.0929. The molecule has 0 aromatic heterocycles. The Morgan fingerprint density at radius 3 is 1.60 bits per heavy atom. The minimum Gasteiger partial charge on any atom is -0.460 e. The number of benzene rings is 4. The average Bonchev–Trinajstić information content (AvgIpc) is 3.13. The SMILES string of the molecule is Cc1ccc(-c2ccccc2C(=O)N2CCC[C@@H](CC(=O)OC(C)(C)C)C2)cc1C.Cc1ccc(-c2ccccc2C(=O)N2CCC[C@@H](N)C2)cc1C. The number of likely N-dealkylation sites (tertiary alicyclic amines) is 2. The highest BCUT2D eigenvalue weighted by Crippen LogP contribution is 2.30. The monoisotopic (exact) mass is 715 g/mol. The molecule has 2 N–H and O–H groups in total. The normalized spacial score (nSPS) is 17.4. The molecule has 7 nitrogen and oxygen atoms in total. The first-order chi connectivity index (χ1) is 25.2. The van der Waals surface area contributed by atoms with Gasteiger partial charge in [-0.3, -0.25) is 14.4 Å². The number of amides is 2. The molecule has 6 rings (SSSR count). The summed E-state index contributed by atoms with van der Waals surface area (Å²) in [5, 5.41) is 0. The van der Waals surface area contributed by atoms with E-state index in [4.69, 9.17) is 10.5 Å². The zero-order valence-electron chi connectivity index (χ0n) is 32.7. The van der Waals surface area contributed by atoms with E-state index in [2.05, 4.69) is 64.1 Å². The molecule has 2 aliphatic heterocycles. The number of hydrogen-bond donors (Lipinski definition) is 1. The Morgan fingerprint density at radius 2 is 1.13 bits per heavy atom. The van der Waals surface area contributed by atoms with Crippen molar-refractivity contribution in [1.29, 1.82) is 0 Å². The van der Waals surface area contributed by atoms with Crippen LogP contribution in [0.2, 0.25) is 0 Å². The van der Waals surface area contributed by atoms with Gasteiger partial charge in [0.25, 0.3) is 11.8 Å². The molecule has 7 heteroatoms. The third-order valence-corrected chi connectivity index (χ3v) is 10.4. The molecule has 2 heterocycles. The van der Waals surface area contributed by atoms with Gasteiger partial charge in [0.1, 0.15) is 5.60 Å². The van der Waals surface area contributed by atoms with Crippen LogP contribution in [0, 0.1) is 33.6 Å². The number of aryl methyl sites for hydroxylation is 4. The molecular formula is C46H57N3O4. The van der Waals surface area contributed by atoms with Crippen LogP contribution in [0.15, 0.2) is 84.9 Å². The maximum absolute atomic E-state index is 13.4. The molecule has 0 spiro atoms. The largest absolute Gasteiger partial charge is 0.460 e. The van der Waals surface area contributed by atoms with Gasteiger partial charge in [-0.1, -0.05) is 72.8 Å². The van der Waals surface area contributed by atoms with Crippen LogP contribution in [0.1, 0.15) is 95.8 Å². The number of carbonyl (C=O) groups is 3. The van der Waals surface area contributed by atoms with E-state index in [1.54, 1.807) is 0 Å². The van der Waals surface area contributed by atoms with Gasteiger partial charge in [0.15, 0.2) is 0 Å². The van der Waals surface area contributed by atoms with Crippen molar-refractivity contribution in [3.63, 3.8) is 0 Å². The summed E-state index contributed by atoms with van der Waals surface area (Å²) < 4.78 is 5.48. The highest BCUT2D eigenvalue weighted by atomic mass is 16.6. The van der Waals surface area contributed by atoms with Gasteiger partial charge >= 0.3 is 5.97 Å². The number of piperidine rings is 2. The summed E-state index contributed by atoms with van der Waals surface area (Å²) in [4.78, 5) is 42.4. The molecule has 0 bridgehead atoms. The zero-order valence-corrected chi connectivity index (χ0v) is 32.7. The van der Waals surface area contributed by atoms with E-state index >= 15 is 0 Å². The van der Waals surface area contributed by atoms with Crippen LogP contribution in [-0.4, -0.2) is 65.4 Å². The Bertz CT molecular complexity index is 1930. The molecule has 2 fully saturated rings. The summed E-state index contributed by atoms with van der Waals surface area (Å²) in [5.41, 5.74) is 16.1. The molecule has 0 saturated carbocycles. The van der Waals surface area contributed by atoms with Crippen molar-refractivity contribution in [2.45, 2.75) is 92.2 Å². The number of esters is 1. The van der Waals surface area contributed by atoms with E-state index in [9.17, 15) is 14.4 Å². The van der Waals surface area contributed by atoms with Crippen molar-refractivity contribution >= 4 is 17.8 Å². The number of carbonyl (C=O) groups excluding carboxylic acids is 3. The Morgan fingerprint density at radius 1 is 0.660 bits per heavy atom. The van der Waals surface area contributed by atoms with Crippen LogP contribution in [-0.2, 0) is 9.53 Å². The average molecular weight is 716 g/mol. The number of nitrogens with zero attached hydrogens (tertiary/aromatic N) is 2. The standard InChI is InChI=1S/C26H33NO3.C20H24N2O/c1-18-12-13-21(15-19(18)2)22-10-6-7-11-23(22)25(29)27-14-8-9-20(17-27)16-24(28)30-26(3,4)5;1-14-9-10-16(12-15(14)2)18-7-3-4-8-19(18)20(23)22-11-5-6-17(21)13-22/h6-7,10-13,15,20H,8-9,14,16-17H2,1-5H3;3-4,7-10,12,17H,5-6,11,13,21H2,1-2H3/t20-;17-/m01/s1. The van der Waals surface area contributed by atoms with Crippen LogP contribution in [0.3, 0.4) is 0 Å². The number of ether oxygens (including phenoxy) is 1. The predicted octanol–water partition coefficient (Wildman–Crippen LogP) is 9.09. The van der Waals surface area contributed by atoms with Gasteiger partial charge in [-0.15, -0.1) is 0 Å². The topological polar surface area (TPSA) is 92.9 Å². The van der Waals surface area contributed by atoms with E-state index in [1.807, 2.05) is 79.1 Å². The maximum atomic E-state index is 13.4.